The second-order valence-corrected chi connectivity index (χ2v) is 6.09. The molecular weight excluding hydrogens is 325 g/mol. The Morgan fingerprint density at radius 3 is 3.00 bits per heavy atom. The van der Waals surface area contributed by atoms with Gasteiger partial charge >= 0.3 is 6.09 Å². The van der Waals surface area contributed by atoms with Crippen molar-refractivity contribution >= 4 is 17.6 Å². The van der Waals surface area contributed by atoms with Crippen LogP contribution in [-0.2, 0) is 10.3 Å². The van der Waals surface area contributed by atoms with Crippen molar-refractivity contribution in [2.45, 2.75) is 31.4 Å². The number of amidine groups is 1. The molecule has 0 spiro atoms. The maximum absolute atomic E-state index is 14.4. The fourth-order valence-electron chi connectivity index (χ4n) is 2.80. The second kappa shape index (κ2) is 6.40. The molecule has 7 nitrogen and oxygen atoms in total. The van der Waals surface area contributed by atoms with Gasteiger partial charge in [0.25, 0.3) is 5.54 Å². The van der Waals surface area contributed by atoms with Gasteiger partial charge in [-0.05, 0) is 25.1 Å². The number of halogens is 1. The summed E-state index contributed by atoms with van der Waals surface area (Å²) >= 11 is 0. The Kier molecular flexibility index (Phi) is 4.28. The van der Waals surface area contributed by atoms with Crippen LogP contribution < -0.4 is 10.2 Å². The average molecular weight is 341 g/mol. The maximum atomic E-state index is 14.4. The first-order valence-corrected chi connectivity index (χ1v) is 7.82. The number of anilines is 1. The van der Waals surface area contributed by atoms with E-state index in [2.05, 4.69) is 15.2 Å². The molecule has 128 valence electrons. The number of nitriles is 1. The Morgan fingerprint density at radius 2 is 2.40 bits per heavy atom. The normalized spacial score (nSPS) is 21.3. The lowest BCUT2D eigenvalue weighted by molar-refractivity contribution is 0.145. The summed E-state index contributed by atoms with van der Waals surface area (Å²) in [5.74, 6) is -0.0457. The average Bonchev–Trinajstić information content (AvgIpc) is 3.29. The minimum atomic E-state index is -0.726. The molecule has 1 aliphatic heterocycles. The highest BCUT2D eigenvalue weighted by molar-refractivity contribution is 5.90. The van der Waals surface area contributed by atoms with Crippen LogP contribution in [-0.4, -0.2) is 31.1 Å². The van der Waals surface area contributed by atoms with E-state index >= 15 is 0 Å². The van der Waals surface area contributed by atoms with Gasteiger partial charge in [-0.15, -0.1) is 0 Å². The van der Waals surface area contributed by atoms with Gasteiger partial charge in [-0.2, -0.15) is 5.26 Å². The molecule has 3 rings (SSSR count). The molecule has 1 amide bonds. The van der Waals surface area contributed by atoms with Crippen LogP contribution in [0.25, 0.3) is 4.85 Å². The van der Waals surface area contributed by atoms with E-state index < -0.39 is 23.6 Å². The Labute approximate surface area is 144 Å². The summed E-state index contributed by atoms with van der Waals surface area (Å²) in [5, 5.41) is 10.9. The van der Waals surface area contributed by atoms with Gasteiger partial charge in [-0.1, -0.05) is 0 Å². The van der Waals surface area contributed by atoms with Crippen molar-refractivity contribution in [1.82, 2.24) is 5.32 Å². The standard InChI is InChI=1S/C17H16FN5O2/c1-11(22-10-19)21-8-13-9-23(16(24)25-13)12-3-4-14(15(18)7-12)17(20-2)5-6-17/h3-4,7,13H,5-6,8-9H2,1H3,(H,21,22). The summed E-state index contributed by atoms with van der Waals surface area (Å²) in [5.41, 5.74) is 0.0555. The molecule has 2 aliphatic rings. The highest BCUT2D eigenvalue weighted by Crippen LogP contribution is 2.50. The van der Waals surface area contributed by atoms with Crippen molar-refractivity contribution in [1.29, 1.82) is 5.26 Å². The molecule has 1 heterocycles. The summed E-state index contributed by atoms with van der Waals surface area (Å²) in [6, 6.07) is 4.49. The first-order chi connectivity index (χ1) is 12.0. The Bertz CT molecular complexity index is 819. The molecule has 1 N–H and O–H groups in total. The highest BCUT2D eigenvalue weighted by Gasteiger charge is 2.54. The van der Waals surface area contributed by atoms with E-state index in [9.17, 15) is 9.18 Å². The topological polar surface area (TPSA) is 82.1 Å². The van der Waals surface area contributed by atoms with Gasteiger partial charge in [-0.25, -0.2) is 15.8 Å². The highest BCUT2D eigenvalue weighted by atomic mass is 19.1. The fourth-order valence-corrected chi connectivity index (χ4v) is 2.80. The van der Waals surface area contributed by atoms with Crippen LogP contribution in [0.3, 0.4) is 0 Å². The maximum Gasteiger partial charge on any atom is 0.414 e. The number of amides is 1. The lowest BCUT2D eigenvalue weighted by Crippen LogP contribution is -2.26. The molecule has 0 bridgehead atoms. The summed E-state index contributed by atoms with van der Waals surface area (Å²) in [7, 11) is 0. The van der Waals surface area contributed by atoms with Crippen LogP contribution in [0, 0.1) is 23.8 Å². The third kappa shape index (κ3) is 3.24. The zero-order chi connectivity index (χ0) is 18.0. The smallest absolute Gasteiger partial charge is 0.414 e. The van der Waals surface area contributed by atoms with E-state index in [0.29, 0.717) is 29.9 Å². The van der Waals surface area contributed by atoms with Crippen LogP contribution in [0.5, 0.6) is 0 Å². The number of carbonyl (C=O) groups excluding carboxylic acids is 1. The number of ether oxygens (including phenoxy) is 1. The zero-order valence-corrected chi connectivity index (χ0v) is 13.6. The zero-order valence-electron chi connectivity index (χ0n) is 13.6. The van der Waals surface area contributed by atoms with Crippen LogP contribution in [0.1, 0.15) is 25.3 Å². The molecule has 8 heteroatoms. The predicted molar refractivity (Wildman–Crippen MR) is 88.3 cm³/mol. The van der Waals surface area contributed by atoms with Crippen molar-refractivity contribution in [2.75, 3.05) is 18.0 Å². The van der Waals surface area contributed by atoms with Crippen molar-refractivity contribution in [3.8, 4) is 6.19 Å². The number of benzene rings is 1. The Hall–Kier alpha value is -3.13. The van der Waals surface area contributed by atoms with Crippen LogP contribution in [0.2, 0.25) is 0 Å². The summed E-state index contributed by atoms with van der Waals surface area (Å²) in [6.07, 6.45) is 2.05. The molecular formula is C17H16FN5O2. The summed E-state index contributed by atoms with van der Waals surface area (Å²) in [4.78, 5) is 21.0. The molecule has 2 fully saturated rings. The van der Waals surface area contributed by atoms with Gasteiger partial charge in [0.1, 0.15) is 17.8 Å². The van der Waals surface area contributed by atoms with E-state index in [0.717, 1.165) is 0 Å². The van der Waals surface area contributed by atoms with Crippen molar-refractivity contribution < 1.29 is 13.9 Å². The Balaban J connectivity index is 1.72. The molecule has 25 heavy (non-hydrogen) atoms. The Morgan fingerprint density at radius 1 is 1.64 bits per heavy atom. The van der Waals surface area contributed by atoms with E-state index in [1.807, 2.05) is 0 Å². The molecule has 1 aromatic rings. The van der Waals surface area contributed by atoms with E-state index in [1.54, 1.807) is 25.2 Å². The van der Waals surface area contributed by atoms with Gasteiger partial charge in [0.15, 0.2) is 6.19 Å². The first kappa shape index (κ1) is 16.7. The van der Waals surface area contributed by atoms with Crippen molar-refractivity contribution in [2.24, 2.45) is 4.99 Å². The van der Waals surface area contributed by atoms with Gasteiger partial charge < -0.3 is 9.58 Å². The minimum Gasteiger partial charge on any atom is -0.442 e. The predicted octanol–water partition coefficient (Wildman–Crippen LogP) is 2.55. The lowest BCUT2D eigenvalue weighted by atomic mass is 10.0. The lowest BCUT2D eigenvalue weighted by Gasteiger charge is -2.14. The summed E-state index contributed by atoms with van der Waals surface area (Å²) < 4.78 is 19.6. The molecule has 1 aliphatic carbocycles. The van der Waals surface area contributed by atoms with Crippen LogP contribution >= 0.6 is 0 Å². The van der Waals surface area contributed by atoms with Crippen LogP contribution in [0.4, 0.5) is 14.9 Å². The van der Waals surface area contributed by atoms with Gasteiger partial charge in [0.05, 0.1) is 24.3 Å². The number of carbonyl (C=O) groups is 1. The number of cyclic esters (lactones) is 1. The van der Waals surface area contributed by atoms with E-state index in [1.165, 1.54) is 11.0 Å². The van der Waals surface area contributed by atoms with Gasteiger partial charge in [0, 0.05) is 12.8 Å². The SMILES string of the molecule is [C-]#[N+]C1(c2ccc(N3CC(CN=C(C)NC#N)OC3=O)cc2F)CC1. The second-order valence-electron chi connectivity index (χ2n) is 6.09. The van der Waals surface area contributed by atoms with Gasteiger partial charge in [0.2, 0.25) is 0 Å². The monoisotopic (exact) mass is 341 g/mol. The molecule has 1 saturated heterocycles. The number of hydrogen-bond donors (Lipinski definition) is 1. The molecule has 0 aromatic heterocycles. The van der Waals surface area contributed by atoms with E-state index in [4.69, 9.17) is 16.6 Å². The molecule has 1 aromatic carbocycles. The largest absolute Gasteiger partial charge is 0.442 e. The minimum absolute atomic E-state index is 0.212. The van der Waals surface area contributed by atoms with Gasteiger partial charge in [-0.3, -0.25) is 15.2 Å². The number of rotatable bonds is 4. The summed E-state index contributed by atoms with van der Waals surface area (Å²) in [6.45, 7) is 9.32. The first-order valence-electron chi connectivity index (χ1n) is 7.82. The number of nitrogens with zero attached hydrogens (tertiary/aromatic N) is 4. The third-order valence-electron chi connectivity index (χ3n) is 4.35. The quantitative estimate of drug-likeness (QED) is 0.300. The van der Waals surface area contributed by atoms with Crippen molar-refractivity contribution in [3.05, 3.63) is 41.0 Å². The number of aliphatic imine (C=N–C) groups is 1. The fraction of sp³-hybridized carbons (Fsp3) is 0.412. The van der Waals surface area contributed by atoms with Crippen LogP contribution in [0.15, 0.2) is 23.2 Å². The molecule has 1 saturated carbocycles. The van der Waals surface area contributed by atoms with E-state index in [-0.39, 0.29) is 13.1 Å². The molecule has 1 unspecified atom stereocenters. The third-order valence-corrected chi connectivity index (χ3v) is 4.35. The van der Waals surface area contributed by atoms with Crippen molar-refractivity contribution in [3.63, 3.8) is 0 Å². The number of nitrogens with one attached hydrogen (secondary N) is 1. The molecule has 1 atom stereocenters. The molecule has 0 radical (unpaired) electrons. The number of hydrogen-bond acceptors (Lipinski definition) is 4.